The van der Waals surface area contributed by atoms with Crippen LogP contribution in [0.1, 0.15) is 62.3 Å². The van der Waals surface area contributed by atoms with Crippen LogP contribution in [0.3, 0.4) is 0 Å². The number of esters is 1. The van der Waals surface area contributed by atoms with Crippen molar-refractivity contribution in [3.05, 3.63) is 76.4 Å². The van der Waals surface area contributed by atoms with Gasteiger partial charge in [-0.25, -0.2) is 4.98 Å². The molecule has 0 saturated heterocycles. The first-order valence-electron chi connectivity index (χ1n) is 15.6. The number of pyridine rings is 1. The number of fused-ring (bicyclic) bond motifs is 1. The van der Waals surface area contributed by atoms with Gasteiger partial charge in [-0.05, 0) is 98.5 Å². The van der Waals surface area contributed by atoms with Gasteiger partial charge in [0.1, 0.15) is 5.82 Å². The normalized spacial score (nSPS) is 19.7. The molecule has 1 saturated carbocycles. The van der Waals surface area contributed by atoms with Crippen molar-refractivity contribution in [2.45, 2.75) is 64.1 Å². The summed E-state index contributed by atoms with van der Waals surface area (Å²) in [7, 11) is 5.11. The number of anilines is 2. The largest absolute Gasteiger partial charge is 0.493 e. The van der Waals surface area contributed by atoms with E-state index in [0.717, 1.165) is 54.6 Å². The van der Waals surface area contributed by atoms with Crippen molar-refractivity contribution in [3.63, 3.8) is 0 Å². The molecule has 0 unspecified atom stereocenters. The summed E-state index contributed by atoms with van der Waals surface area (Å²) in [6.45, 7) is 5.12. The molecule has 0 radical (unpaired) electrons. The molecule has 3 aromatic rings. The predicted octanol–water partition coefficient (Wildman–Crippen LogP) is 5.97. The third-order valence-corrected chi connectivity index (χ3v) is 8.95. The second kappa shape index (κ2) is 14.5. The number of methoxy groups -OCH3 is 2. The van der Waals surface area contributed by atoms with Crippen LogP contribution in [0, 0.1) is 5.92 Å². The fourth-order valence-electron chi connectivity index (χ4n) is 6.38. The molecule has 1 amide bonds. The average molecular weight is 635 g/mol. The Bertz CT molecular complexity index is 1470. The SMILES string of the molecule is COC(=O)CNC1CCC(CN(C)c2ccc(N3C(=O)Cc4cc(OC)c(OC(C)C)cc4[C@@H]3c3ccc(Cl)cc3)nc2)CC1. The lowest BCUT2D eigenvalue weighted by Gasteiger charge is -2.37. The molecule has 0 spiro atoms. The topological polar surface area (TPSA) is 93.2 Å². The van der Waals surface area contributed by atoms with E-state index in [2.05, 4.69) is 17.3 Å². The van der Waals surface area contributed by atoms with E-state index in [-0.39, 0.29) is 30.9 Å². The number of benzene rings is 2. The minimum absolute atomic E-state index is 0.0447. The lowest BCUT2D eigenvalue weighted by Crippen LogP contribution is -2.41. The maximum Gasteiger partial charge on any atom is 0.319 e. The highest BCUT2D eigenvalue weighted by Gasteiger charge is 2.37. The summed E-state index contributed by atoms with van der Waals surface area (Å²) in [5.74, 6) is 2.11. The molecule has 10 heteroatoms. The van der Waals surface area contributed by atoms with Crippen LogP contribution in [0.15, 0.2) is 54.7 Å². The van der Waals surface area contributed by atoms with Crippen molar-refractivity contribution in [2.75, 3.05) is 44.2 Å². The molecule has 2 aromatic carbocycles. The first-order valence-corrected chi connectivity index (χ1v) is 16.0. The molecular formula is C35H43ClN4O5. The number of nitrogens with one attached hydrogen (secondary N) is 1. The van der Waals surface area contributed by atoms with Crippen molar-refractivity contribution in [1.82, 2.24) is 10.3 Å². The van der Waals surface area contributed by atoms with Crippen molar-refractivity contribution in [2.24, 2.45) is 5.92 Å². The zero-order valence-electron chi connectivity index (χ0n) is 26.7. The Kier molecular flexibility index (Phi) is 10.5. The van der Waals surface area contributed by atoms with Gasteiger partial charge in [0, 0.05) is 24.7 Å². The van der Waals surface area contributed by atoms with Crippen LogP contribution in [0.4, 0.5) is 11.5 Å². The third kappa shape index (κ3) is 7.71. The van der Waals surface area contributed by atoms with Crippen LogP contribution in [-0.2, 0) is 20.7 Å². The standard InChI is InChI=1S/C35H43ClN4O5/c1-22(2)45-31-18-29-25(16-30(31)43-4)17-33(41)40(35(29)24-8-10-26(36)11-9-24)32-15-14-28(19-38-32)39(3)21-23-6-12-27(13-7-23)37-20-34(42)44-5/h8-11,14-16,18-19,22-23,27,35,37H,6-7,12-13,17,20-21H2,1-5H3/t23?,27?,35-/m0/s1. The highest BCUT2D eigenvalue weighted by molar-refractivity contribution is 6.30. The van der Waals surface area contributed by atoms with E-state index in [0.29, 0.717) is 34.3 Å². The lowest BCUT2D eigenvalue weighted by atomic mass is 9.85. The monoisotopic (exact) mass is 634 g/mol. The van der Waals surface area contributed by atoms with Crippen LogP contribution in [0.2, 0.25) is 5.02 Å². The Morgan fingerprint density at radius 1 is 1.07 bits per heavy atom. The van der Waals surface area contributed by atoms with Crippen LogP contribution in [0.25, 0.3) is 0 Å². The van der Waals surface area contributed by atoms with Crippen molar-refractivity contribution < 1.29 is 23.8 Å². The van der Waals surface area contributed by atoms with E-state index in [1.165, 1.54) is 7.11 Å². The summed E-state index contributed by atoms with van der Waals surface area (Å²) in [6, 6.07) is 15.4. The molecule has 240 valence electrons. The van der Waals surface area contributed by atoms with Crippen LogP contribution in [0.5, 0.6) is 11.5 Å². The minimum atomic E-state index is -0.419. The number of carbonyl (C=O) groups is 2. The molecule has 45 heavy (non-hydrogen) atoms. The van der Waals surface area contributed by atoms with E-state index >= 15 is 0 Å². The quantitative estimate of drug-likeness (QED) is 0.258. The summed E-state index contributed by atoms with van der Waals surface area (Å²) < 4.78 is 16.5. The molecule has 1 aliphatic heterocycles. The Morgan fingerprint density at radius 3 is 2.42 bits per heavy atom. The fourth-order valence-corrected chi connectivity index (χ4v) is 6.51. The first kappa shape index (κ1) is 32.6. The fraction of sp³-hybridized carbons (Fsp3) is 0.457. The second-order valence-corrected chi connectivity index (χ2v) is 12.6. The number of hydrogen-bond donors (Lipinski definition) is 1. The molecule has 1 N–H and O–H groups in total. The van der Waals surface area contributed by atoms with Crippen molar-refractivity contribution >= 4 is 35.0 Å². The molecule has 1 atom stereocenters. The van der Waals surface area contributed by atoms with Gasteiger partial charge in [-0.2, -0.15) is 0 Å². The molecule has 2 heterocycles. The van der Waals surface area contributed by atoms with Gasteiger partial charge in [-0.3, -0.25) is 14.5 Å². The maximum atomic E-state index is 13.8. The molecule has 0 bridgehead atoms. The first-order chi connectivity index (χ1) is 21.7. The Labute approximate surface area is 270 Å². The Balaban J connectivity index is 1.36. The van der Waals surface area contributed by atoms with Crippen LogP contribution in [-0.4, -0.2) is 63.4 Å². The number of rotatable bonds is 11. The van der Waals surface area contributed by atoms with E-state index < -0.39 is 6.04 Å². The smallest absolute Gasteiger partial charge is 0.319 e. The summed E-state index contributed by atoms with van der Waals surface area (Å²) >= 11 is 6.26. The number of halogens is 1. The number of hydrogen-bond acceptors (Lipinski definition) is 8. The van der Waals surface area contributed by atoms with E-state index in [9.17, 15) is 9.59 Å². The lowest BCUT2D eigenvalue weighted by molar-refractivity contribution is -0.139. The Hall–Kier alpha value is -3.82. The van der Waals surface area contributed by atoms with Gasteiger partial charge >= 0.3 is 5.97 Å². The van der Waals surface area contributed by atoms with Gasteiger partial charge in [0.15, 0.2) is 11.5 Å². The summed E-state index contributed by atoms with van der Waals surface area (Å²) in [5, 5.41) is 3.94. The third-order valence-electron chi connectivity index (χ3n) is 8.70. The average Bonchev–Trinajstić information content (AvgIpc) is 3.04. The van der Waals surface area contributed by atoms with Gasteiger partial charge < -0.3 is 24.4 Å². The van der Waals surface area contributed by atoms with Crippen molar-refractivity contribution in [1.29, 1.82) is 0 Å². The van der Waals surface area contributed by atoms with Gasteiger partial charge in [0.2, 0.25) is 5.91 Å². The minimum Gasteiger partial charge on any atom is -0.493 e. The van der Waals surface area contributed by atoms with E-state index in [1.54, 1.807) is 12.0 Å². The van der Waals surface area contributed by atoms with Crippen molar-refractivity contribution in [3.8, 4) is 11.5 Å². The molecular weight excluding hydrogens is 592 g/mol. The highest BCUT2D eigenvalue weighted by Crippen LogP contribution is 2.43. The van der Waals surface area contributed by atoms with Gasteiger partial charge in [0.05, 0.1) is 51.2 Å². The summed E-state index contributed by atoms with van der Waals surface area (Å²) in [6.07, 6.45) is 6.27. The summed E-state index contributed by atoms with van der Waals surface area (Å²) in [5.41, 5.74) is 3.78. The second-order valence-electron chi connectivity index (χ2n) is 12.2. The van der Waals surface area contributed by atoms with Gasteiger partial charge in [-0.15, -0.1) is 0 Å². The molecule has 2 aliphatic rings. The Morgan fingerprint density at radius 2 is 1.80 bits per heavy atom. The maximum absolute atomic E-state index is 13.8. The zero-order chi connectivity index (χ0) is 32.1. The highest BCUT2D eigenvalue weighted by atomic mass is 35.5. The molecule has 5 rings (SSSR count). The molecule has 9 nitrogen and oxygen atoms in total. The molecule has 1 aliphatic carbocycles. The number of aromatic nitrogens is 1. The van der Waals surface area contributed by atoms with Crippen LogP contribution >= 0.6 is 11.6 Å². The molecule has 1 fully saturated rings. The van der Waals surface area contributed by atoms with E-state index in [1.807, 2.05) is 68.6 Å². The predicted molar refractivity (Wildman–Crippen MR) is 177 cm³/mol. The zero-order valence-corrected chi connectivity index (χ0v) is 27.5. The number of nitrogens with zero attached hydrogens (tertiary/aromatic N) is 3. The molecule has 1 aromatic heterocycles. The van der Waals surface area contributed by atoms with E-state index in [4.69, 9.17) is 30.8 Å². The number of carbonyl (C=O) groups excluding carboxylic acids is 2. The van der Waals surface area contributed by atoms with Gasteiger partial charge in [0.25, 0.3) is 0 Å². The van der Waals surface area contributed by atoms with Gasteiger partial charge in [-0.1, -0.05) is 23.7 Å². The number of amides is 1. The summed E-state index contributed by atoms with van der Waals surface area (Å²) in [4.78, 5) is 34.1. The number of ether oxygens (including phenoxy) is 3. The van der Waals surface area contributed by atoms with Crippen LogP contribution < -0.4 is 24.6 Å².